The number of benzene rings is 4. The topological polar surface area (TPSA) is 0 Å². The summed E-state index contributed by atoms with van der Waals surface area (Å²) in [6.45, 7) is 2.16. The fraction of sp³-hybridized carbons (Fsp3) is 0.0400. The van der Waals surface area contributed by atoms with E-state index in [9.17, 15) is 0 Å². The predicted octanol–water partition coefficient (Wildman–Crippen LogP) is 3.37. The third kappa shape index (κ3) is 2.91. The van der Waals surface area contributed by atoms with Crippen LogP contribution in [0.25, 0.3) is 0 Å². The number of hydrogen-bond donors (Lipinski definition) is 0. The summed E-state index contributed by atoms with van der Waals surface area (Å²) >= 11 is -2.79. The van der Waals surface area contributed by atoms with E-state index in [-0.39, 0.29) is 0 Å². The van der Waals surface area contributed by atoms with Crippen LogP contribution >= 0.6 is 0 Å². The molecule has 0 bridgehead atoms. The molecule has 0 aliphatic rings. The molecule has 0 heterocycles. The minimum atomic E-state index is -2.79. The zero-order valence-electron chi connectivity index (χ0n) is 14.9. The summed E-state index contributed by atoms with van der Waals surface area (Å²) in [7, 11) is 0. The van der Waals surface area contributed by atoms with Gasteiger partial charge in [-0.1, -0.05) is 0 Å². The molecule has 0 aliphatic heterocycles. The Hall–Kier alpha value is -2.56. The van der Waals surface area contributed by atoms with Crippen LogP contribution in [0.3, 0.4) is 0 Å². The summed E-state index contributed by atoms with van der Waals surface area (Å²) in [5, 5.41) is 0. The van der Waals surface area contributed by atoms with Crippen LogP contribution in [0.2, 0.25) is 0 Å². The van der Waals surface area contributed by atoms with Gasteiger partial charge in [0, 0.05) is 0 Å². The van der Waals surface area contributed by atoms with Gasteiger partial charge in [0.15, 0.2) is 0 Å². The zero-order valence-corrected chi connectivity index (χ0v) is 16.8. The second-order valence-corrected chi connectivity index (χ2v) is 13.7. The van der Waals surface area contributed by atoms with E-state index < -0.39 is 13.6 Å². The third-order valence-electron chi connectivity index (χ3n) is 4.85. The Bertz CT molecular complexity index is 862. The quantitative estimate of drug-likeness (QED) is 0.464. The molecule has 0 amide bonds. The Balaban J connectivity index is 2.12. The van der Waals surface area contributed by atoms with E-state index in [0.29, 0.717) is 0 Å². The second kappa shape index (κ2) is 7.36. The van der Waals surface area contributed by atoms with E-state index in [1.807, 2.05) is 0 Å². The van der Waals surface area contributed by atoms with Crippen LogP contribution in [0.15, 0.2) is 115 Å². The third-order valence-corrected chi connectivity index (χ3v) is 13.9. The van der Waals surface area contributed by atoms with Gasteiger partial charge >= 0.3 is 159 Å². The van der Waals surface area contributed by atoms with E-state index in [4.69, 9.17) is 0 Å². The van der Waals surface area contributed by atoms with Crippen molar-refractivity contribution in [3.8, 4) is 0 Å². The molecule has 4 rings (SSSR count). The number of aryl methyl sites for hydroxylation is 1. The summed E-state index contributed by atoms with van der Waals surface area (Å²) in [6, 6.07) is 42.4. The molecule has 0 spiro atoms. The summed E-state index contributed by atoms with van der Waals surface area (Å²) in [5.74, 6) is 0. The van der Waals surface area contributed by atoms with Crippen molar-refractivity contribution in [3.63, 3.8) is 0 Å². The van der Waals surface area contributed by atoms with Crippen molar-refractivity contribution in [3.05, 3.63) is 121 Å². The van der Waals surface area contributed by atoms with Crippen molar-refractivity contribution in [1.82, 2.24) is 0 Å². The van der Waals surface area contributed by atoms with Gasteiger partial charge in [0.05, 0.1) is 0 Å². The molecule has 0 atom stereocenters. The van der Waals surface area contributed by atoms with Gasteiger partial charge in [0.2, 0.25) is 0 Å². The van der Waals surface area contributed by atoms with Crippen molar-refractivity contribution in [2.45, 2.75) is 6.92 Å². The van der Waals surface area contributed by atoms with Crippen LogP contribution < -0.4 is 17.4 Å². The van der Waals surface area contributed by atoms with Crippen LogP contribution in [0, 0.1) is 6.92 Å². The molecule has 0 aromatic heterocycles. The fourth-order valence-corrected chi connectivity index (χ4v) is 12.5. The first-order valence-corrected chi connectivity index (χ1v) is 12.7. The van der Waals surface area contributed by atoms with Crippen LogP contribution in [0.5, 0.6) is 0 Å². The maximum absolute atomic E-state index is 2.79. The molecule has 1 radical (unpaired) electrons. The molecule has 0 saturated heterocycles. The van der Waals surface area contributed by atoms with E-state index in [1.54, 1.807) is 0 Å². The average Bonchev–Trinajstić information content (AvgIpc) is 2.72. The molecule has 0 nitrogen and oxygen atoms in total. The molecule has 0 saturated carbocycles. The molecule has 1 heteroatoms. The van der Waals surface area contributed by atoms with Crippen molar-refractivity contribution in [2.75, 3.05) is 0 Å². The molecule has 0 unspecified atom stereocenters. The van der Waals surface area contributed by atoms with E-state index in [2.05, 4.69) is 122 Å². The van der Waals surface area contributed by atoms with Crippen LogP contribution in [-0.2, 0) is 0 Å². The number of rotatable bonds is 4. The minimum absolute atomic E-state index is 1.30. The monoisotopic (exact) mass is 397 g/mol. The van der Waals surface area contributed by atoms with Gasteiger partial charge in [-0.05, 0) is 0 Å². The molecule has 127 valence electrons. The van der Waals surface area contributed by atoms with Gasteiger partial charge in [-0.15, -0.1) is 0 Å². The second-order valence-electron chi connectivity index (χ2n) is 6.51. The summed E-state index contributed by atoms with van der Waals surface area (Å²) in [5.41, 5.74) is 1.30. The van der Waals surface area contributed by atoms with E-state index in [1.165, 1.54) is 23.0 Å². The van der Waals surface area contributed by atoms with Crippen molar-refractivity contribution in [1.29, 1.82) is 0 Å². The zero-order chi connectivity index (χ0) is 17.8. The van der Waals surface area contributed by atoms with E-state index >= 15 is 0 Å². The Morgan fingerprint density at radius 3 is 1.04 bits per heavy atom. The van der Waals surface area contributed by atoms with Crippen molar-refractivity contribution < 1.29 is 0 Å². The van der Waals surface area contributed by atoms with E-state index in [0.717, 1.165) is 0 Å². The first-order valence-electron chi connectivity index (χ1n) is 8.95. The molecular weight excluding hydrogens is 375 g/mol. The molecule has 4 aromatic carbocycles. The molecule has 4 aromatic rings. The van der Waals surface area contributed by atoms with Gasteiger partial charge in [-0.2, -0.15) is 0 Å². The molecule has 26 heavy (non-hydrogen) atoms. The van der Waals surface area contributed by atoms with Crippen LogP contribution in [0.4, 0.5) is 0 Å². The predicted molar refractivity (Wildman–Crippen MR) is 115 cm³/mol. The molecule has 0 N–H and O–H groups in total. The van der Waals surface area contributed by atoms with Gasteiger partial charge in [-0.3, -0.25) is 0 Å². The molecular formula is C25H22As. The maximum atomic E-state index is 2.34. The van der Waals surface area contributed by atoms with Crippen molar-refractivity contribution in [2.24, 2.45) is 0 Å². The summed E-state index contributed by atoms with van der Waals surface area (Å²) in [4.78, 5) is 0. The van der Waals surface area contributed by atoms with Crippen LogP contribution in [0.1, 0.15) is 5.56 Å². The Morgan fingerprint density at radius 2 is 0.692 bits per heavy atom. The SMILES string of the molecule is Cc1ccc([As](c2ccccc2)(c2ccccc2)c2ccccc2)cc1. The standard InChI is InChI=1S/C25H22As/c1-21-17-19-25(20-18-21)26(22-11-5-2-6-12-22,23-13-7-3-8-14-23)24-15-9-4-10-16-24/h2-20H,1H3. The average molecular weight is 397 g/mol. The first-order chi connectivity index (χ1) is 12.8. The van der Waals surface area contributed by atoms with Gasteiger partial charge < -0.3 is 0 Å². The van der Waals surface area contributed by atoms with Gasteiger partial charge in [-0.25, -0.2) is 0 Å². The summed E-state index contributed by atoms with van der Waals surface area (Å²) in [6.07, 6.45) is 0. The molecule has 0 aliphatic carbocycles. The normalized spacial score (nSPS) is 11.3. The Labute approximate surface area is 158 Å². The summed E-state index contributed by atoms with van der Waals surface area (Å²) < 4.78 is 5.81. The van der Waals surface area contributed by atoms with Crippen molar-refractivity contribution >= 4 is 31.0 Å². The molecule has 0 fully saturated rings. The Kier molecular flexibility index (Phi) is 4.78. The fourth-order valence-electron chi connectivity index (χ4n) is 3.62. The van der Waals surface area contributed by atoms with Gasteiger partial charge in [0.25, 0.3) is 0 Å². The Morgan fingerprint density at radius 1 is 0.385 bits per heavy atom. The number of hydrogen-bond acceptors (Lipinski definition) is 0. The van der Waals surface area contributed by atoms with Gasteiger partial charge in [0.1, 0.15) is 0 Å². The first kappa shape index (κ1) is 16.9. The van der Waals surface area contributed by atoms with Crippen LogP contribution in [-0.4, -0.2) is 13.6 Å².